The van der Waals surface area contributed by atoms with E-state index >= 15 is 0 Å². The number of hydrogen-bond acceptors (Lipinski definition) is 3. The van der Waals surface area contributed by atoms with Gasteiger partial charge >= 0.3 is 5.97 Å². The van der Waals surface area contributed by atoms with Crippen LogP contribution in [0.5, 0.6) is 5.75 Å². The Labute approximate surface area is 182 Å². The van der Waals surface area contributed by atoms with Gasteiger partial charge in [0.1, 0.15) is 5.75 Å². The first-order chi connectivity index (χ1) is 15.1. The predicted octanol–water partition coefficient (Wildman–Crippen LogP) is 6.05. The lowest BCUT2D eigenvalue weighted by atomic mass is 9.93. The van der Waals surface area contributed by atoms with Gasteiger partial charge in [-0.3, -0.25) is 4.79 Å². The van der Waals surface area contributed by atoms with Crippen molar-refractivity contribution >= 4 is 17.6 Å². The summed E-state index contributed by atoms with van der Waals surface area (Å²) in [5.74, 6) is -0.686. The van der Waals surface area contributed by atoms with E-state index in [-0.39, 0.29) is 11.5 Å². The topological polar surface area (TPSA) is 75.6 Å². The standard InChI is InChI=1S/C26H27NO4/c1-3-5-17-31-23-14-10-9-13-21(23)20-15-16-22(26(29)30)24(19(20)4-2)27-25(28)18-11-7-6-8-12-18/h6-16H,3-5,17H2,1-2H3,(H,27,28)(H,29,30). The van der Waals surface area contributed by atoms with Crippen LogP contribution >= 0.6 is 0 Å². The van der Waals surface area contributed by atoms with Crippen LogP contribution in [0.2, 0.25) is 0 Å². The monoisotopic (exact) mass is 417 g/mol. The average Bonchev–Trinajstić information content (AvgIpc) is 2.79. The summed E-state index contributed by atoms with van der Waals surface area (Å²) in [4.78, 5) is 24.7. The van der Waals surface area contributed by atoms with Crippen molar-refractivity contribution in [3.8, 4) is 16.9 Å². The Morgan fingerprint density at radius 2 is 1.61 bits per heavy atom. The molecule has 160 valence electrons. The number of ether oxygens (including phenoxy) is 1. The minimum absolute atomic E-state index is 0.0641. The first kappa shape index (κ1) is 22.1. The normalized spacial score (nSPS) is 10.5. The molecule has 3 rings (SSSR count). The SMILES string of the molecule is CCCCOc1ccccc1-c1ccc(C(=O)O)c(NC(=O)c2ccccc2)c1CC. The lowest BCUT2D eigenvalue weighted by molar-refractivity contribution is 0.0698. The number of unbranched alkanes of at least 4 members (excludes halogenated alkanes) is 1. The van der Waals surface area contributed by atoms with Crippen LogP contribution in [0.1, 0.15) is 53.0 Å². The zero-order valence-electron chi connectivity index (χ0n) is 17.9. The number of hydrogen-bond donors (Lipinski definition) is 2. The first-order valence-corrected chi connectivity index (χ1v) is 10.5. The molecule has 2 N–H and O–H groups in total. The van der Waals surface area contributed by atoms with Gasteiger partial charge in [0.05, 0.1) is 17.9 Å². The number of aromatic carboxylic acids is 1. The molecule has 0 heterocycles. The number of para-hydroxylation sites is 1. The molecule has 0 aliphatic rings. The van der Waals surface area contributed by atoms with Gasteiger partial charge in [-0.25, -0.2) is 4.79 Å². The number of rotatable bonds is 9. The second kappa shape index (κ2) is 10.4. The van der Waals surface area contributed by atoms with Crippen molar-refractivity contribution in [1.82, 2.24) is 0 Å². The van der Waals surface area contributed by atoms with E-state index in [1.807, 2.05) is 37.3 Å². The maximum absolute atomic E-state index is 12.8. The van der Waals surface area contributed by atoms with E-state index in [1.54, 1.807) is 36.4 Å². The summed E-state index contributed by atoms with van der Waals surface area (Å²) in [6, 6.07) is 19.8. The highest BCUT2D eigenvalue weighted by molar-refractivity contribution is 6.09. The zero-order valence-corrected chi connectivity index (χ0v) is 17.9. The van der Waals surface area contributed by atoms with Crippen molar-refractivity contribution in [3.63, 3.8) is 0 Å². The summed E-state index contributed by atoms with van der Waals surface area (Å²) in [5, 5.41) is 12.6. The van der Waals surface area contributed by atoms with Gasteiger partial charge in [0.2, 0.25) is 0 Å². The summed E-state index contributed by atoms with van der Waals surface area (Å²) in [5.41, 5.74) is 3.34. The smallest absolute Gasteiger partial charge is 0.337 e. The number of carbonyl (C=O) groups is 2. The Kier molecular flexibility index (Phi) is 7.44. The summed E-state index contributed by atoms with van der Waals surface area (Å²) in [6.07, 6.45) is 2.53. The van der Waals surface area contributed by atoms with Gasteiger partial charge < -0.3 is 15.2 Å². The van der Waals surface area contributed by atoms with E-state index in [0.29, 0.717) is 24.3 Å². The van der Waals surface area contributed by atoms with Gasteiger partial charge in [0.15, 0.2) is 0 Å². The van der Waals surface area contributed by atoms with Crippen molar-refractivity contribution in [3.05, 3.63) is 83.4 Å². The van der Waals surface area contributed by atoms with E-state index in [1.165, 1.54) is 0 Å². The van der Waals surface area contributed by atoms with Crippen molar-refractivity contribution in [2.45, 2.75) is 33.1 Å². The van der Waals surface area contributed by atoms with Crippen LogP contribution in [-0.2, 0) is 6.42 Å². The highest BCUT2D eigenvalue weighted by atomic mass is 16.5. The highest BCUT2D eigenvalue weighted by Gasteiger charge is 2.21. The number of carboxylic acid groups (broad SMARTS) is 1. The van der Waals surface area contributed by atoms with Crippen molar-refractivity contribution in [2.24, 2.45) is 0 Å². The lowest BCUT2D eigenvalue weighted by Crippen LogP contribution is -2.17. The molecule has 5 heteroatoms. The van der Waals surface area contributed by atoms with Crippen LogP contribution < -0.4 is 10.1 Å². The van der Waals surface area contributed by atoms with Crippen LogP contribution in [-0.4, -0.2) is 23.6 Å². The fraction of sp³-hybridized carbons (Fsp3) is 0.231. The van der Waals surface area contributed by atoms with Crippen LogP contribution in [0.15, 0.2) is 66.7 Å². The minimum atomic E-state index is -1.09. The van der Waals surface area contributed by atoms with Gasteiger partial charge in [-0.1, -0.05) is 62.7 Å². The second-order valence-corrected chi connectivity index (χ2v) is 7.19. The van der Waals surface area contributed by atoms with Gasteiger partial charge in [0.25, 0.3) is 5.91 Å². The molecule has 0 bridgehead atoms. The Morgan fingerprint density at radius 1 is 0.903 bits per heavy atom. The molecule has 0 aromatic heterocycles. The maximum atomic E-state index is 12.8. The third-order valence-corrected chi connectivity index (χ3v) is 5.10. The molecular formula is C26H27NO4. The summed E-state index contributed by atoms with van der Waals surface area (Å²) in [6.45, 7) is 4.67. The largest absolute Gasteiger partial charge is 0.493 e. The van der Waals surface area contributed by atoms with Crippen molar-refractivity contribution in [2.75, 3.05) is 11.9 Å². The van der Waals surface area contributed by atoms with Gasteiger partial charge in [0, 0.05) is 11.1 Å². The molecule has 0 spiro atoms. The molecule has 0 saturated carbocycles. The van der Waals surface area contributed by atoms with Crippen LogP contribution in [0.4, 0.5) is 5.69 Å². The molecule has 0 saturated heterocycles. The number of amides is 1. The molecule has 0 aliphatic carbocycles. The maximum Gasteiger partial charge on any atom is 0.337 e. The van der Waals surface area contributed by atoms with E-state index in [4.69, 9.17) is 4.74 Å². The molecule has 3 aromatic carbocycles. The number of anilines is 1. The van der Waals surface area contributed by atoms with Gasteiger partial charge in [-0.05, 0) is 48.2 Å². The number of carbonyl (C=O) groups excluding carboxylic acids is 1. The molecule has 5 nitrogen and oxygen atoms in total. The molecule has 0 aliphatic heterocycles. The summed E-state index contributed by atoms with van der Waals surface area (Å²) in [7, 11) is 0. The predicted molar refractivity (Wildman–Crippen MR) is 123 cm³/mol. The van der Waals surface area contributed by atoms with E-state index < -0.39 is 5.97 Å². The highest BCUT2D eigenvalue weighted by Crippen LogP contribution is 2.37. The number of carboxylic acids is 1. The second-order valence-electron chi connectivity index (χ2n) is 7.19. The van der Waals surface area contributed by atoms with Crippen LogP contribution in [0.25, 0.3) is 11.1 Å². The Hall–Kier alpha value is -3.60. The molecule has 3 aromatic rings. The molecule has 0 atom stereocenters. The zero-order chi connectivity index (χ0) is 22.2. The van der Waals surface area contributed by atoms with Gasteiger partial charge in [-0.15, -0.1) is 0 Å². The van der Waals surface area contributed by atoms with E-state index in [0.717, 1.165) is 35.3 Å². The Bertz CT molecular complexity index is 1060. The lowest BCUT2D eigenvalue weighted by Gasteiger charge is -2.19. The molecule has 1 amide bonds. The van der Waals surface area contributed by atoms with Crippen molar-refractivity contribution < 1.29 is 19.4 Å². The van der Waals surface area contributed by atoms with Crippen LogP contribution in [0.3, 0.4) is 0 Å². The van der Waals surface area contributed by atoms with E-state index in [2.05, 4.69) is 12.2 Å². The number of nitrogens with one attached hydrogen (secondary N) is 1. The van der Waals surface area contributed by atoms with Crippen LogP contribution in [0, 0.1) is 0 Å². The third kappa shape index (κ3) is 5.12. The third-order valence-electron chi connectivity index (χ3n) is 5.10. The first-order valence-electron chi connectivity index (χ1n) is 10.5. The Balaban J connectivity index is 2.09. The molecule has 0 radical (unpaired) electrons. The summed E-state index contributed by atoms with van der Waals surface area (Å²) >= 11 is 0. The average molecular weight is 418 g/mol. The molecule has 31 heavy (non-hydrogen) atoms. The fourth-order valence-corrected chi connectivity index (χ4v) is 3.51. The Morgan fingerprint density at radius 3 is 2.29 bits per heavy atom. The van der Waals surface area contributed by atoms with Gasteiger partial charge in [-0.2, -0.15) is 0 Å². The van der Waals surface area contributed by atoms with E-state index in [9.17, 15) is 14.7 Å². The number of benzene rings is 3. The quantitative estimate of drug-likeness (QED) is 0.416. The molecule has 0 unspecified atom stereocenters. The fourth-order valence-electron chi connectivity index (χ4n) is 3.51. The summed E-state index contributed by atoms with van der Waals surface area (Å²) < 4.78 is 6.00. The molecule has 0 fully saturated rings. The minimum Gasteiger partial charge on any atom is -0.493 e. The van der Waals surface area contributed by atoms with Crippen molar-refractivity contribution in [1.29, 1.82) is 0 Å². The molecular weight excluding hydrogens is 390 g/mol.